The van der Waals surface area contributed by atoms with Crippen molar-refractivity contribution in [3.63, 3.8) is 0 Å². The van der Waals surface area contributed by atoms with Gasteiger partial charge in [-0.05, 0) is 17.5 Å². The summed E-state index contributed by atoms with van der Waals surface area (Å²) in [6.07, 6.45) is 1.23. The smallest absolute Gasteiger partial charge is 0.281 e. The largest absolute Gasteiger partial charge is 0.418 e. The molecule has 3 aromatic heterocycles. The first-order valence-corrected chi connectivity index (χ1v) is 8.66. The highest BCUT2D eigenvalue weighted by atomic mass is 35.5. The van der Waals surface area contributed by atoms with E-state index in [0.29, 0.717) is 4.88 Å². The summed E-state index contributed by atoms with van der Waals surface area (Å²) < 4.78 is 38.2. The standard InChI is InChI=1S/C12H8ClN3O4S2/c13-9-4-3-7(6-14-9)10(22(17,18)19)12-16-15-11(20-12)8-2-1-5-21-8/h1-6,10H,(H,17,18,19). The molecule has 0 radical (unpaired) electrons. The average molecular weight is 358 g/mol. The third kappa shape index (κ3) is 3.02. The molecule has 0 saturated carbocycles. The van der Waals surface area contributed by atoms with Crippen LogP contribution in [-0.2, 0) is 10.1 Å². The van der Waals surface area contributed by atoms with Gasteiger partial charge >= 0.3 is 0 Å². The van der Waals surface area contributed by atoms with Crippen LogP contribution >= 0.6 is 22.9 Å². The van der Waals surface area contributed by atoms with Crippen LogP contribution in [0.25, 0.3) is 10.8 Å². The summed E-state index contributed by atoms with van der Waals surface area (Å²) in [4.78, 5) is 4.49. The van der Waals surface area contributed by atoms with E-state index >= 15 is 0 Å². The predicted molar refractivity (Wildman–Crippen MR) is 80.2 cm³/mol. The van der Waals surface area contributed by atoms with Gasteiger partial charge < -0.3 is 4.42 Å². The molecule has 22 heavy (non-hydrogen) atoms. The molecule has 0 amide bonds. The summed E-state index contributed by atoms with van der Waals surface area (Å²) >= 11 is 7.04. The minimum Gasteiger partial charge on any atom is -0.418 e. The van der Waals surface area contributed by atoms with Crippen molar-refractivity contribution in [2.24, 2.45) is 0 Å². The number of pyridine rings is 1. The molecule has 3 rings (SSSR count). The van der Waals surface area contributed by atoms with Gasteiger partial charge in [-0.2, -0.15) is 8.42 Å². The van der Waals surface area contributed by atoms with E-state index in [-0.39, 0.29) is 22.5 Å². The molecule has 0 aliphatic heterocycles. The number of hydrogen-bond donors (Lipinski definition) is 1. The maximum absolute atomic E-state index is 11.7. The first-order chi connectivity index (χ1) is 10.4. The molecule has 3 heterocycles. The van der Waals surface area contributed by atoms with Gasteiger partial charge in [0.2, 0.25) is 5.89 Å². The molecule has 1 atom stereocenters. The van der Waals surface area contributed by atoms with Crippen LogP contribution in [0.3, 0.4) is 0 Å². The Morgan fingerprint density at radius 3 is 2.68 bits per heavy atom. The van der Waals surface area contributed by atoms with E-state index in [1.165, 1.54) is 29.7 Å². The molecule has 0 aromatic carbocycles. The quantitative estimate of drug-likeness (QED) is 0.565. The highest BCUT2D eigenvalue weighted by Crippen LogP contribution is 2.31. The number of nitrogens with zero attached hydrogens (tertiary/aromatic N) is 3. The monoisotopic (exact) mass is 357 g/mol. The SMILES string of the molecule is O=S(=O)(O)C(c1ccc(Cl)nc1)c1nnc(-c2cccs2)o1. The van der Waals surface area contributed by atoms with Gasteiger partial charge in [0.15, 0.2) is 5.25 Å². The second-order valence-corrected chi connectivity index (χ2v) is 7.07. The molecular formula is C12H8ClN3O4S2. The summed E-state index contributed by atoms with van der Waals surface area (Å²) in [5, 5.41) is 8.04. The number of hydrogen-bond acceptors (Lipinski definition) is 7. The molecule has 0 bridgehead atoms. The van der Waals surface area contributed by atoms with Gasteiger partial charge in [-0.3, -0.25) is 4.55 Å². The molecule has 0 aliphatic rings. The van der Waals surface area contributed by atoms with Crippen LogP contribution in [0.2, 0.25) is 5.15 Å². The van der Waals surface area contributed by atoms with Crippen molar-refractivity contribution < 1.29 is 17.4 Å². The Kier molecular flexibility index (Phi) is 3.96. The lowest BCUT2D eigenvalue weighted by Crippen LogP contribution is -2.14. The lowest BCUT2D eigenvalue weighted by Gasteiger charge is -2.09. The minimum absolute atomic E-state index is 0.174. The lowest BCUT2D eigenvalue weighted by molar-refractivity contribution is 0.451. The molecule has 0 fully saturated rings. The summed E-state index contributed by atoms with van der Waals surface area (Å²) in [5.41, 5.74) is 0.174. The Hall–Kier alpha value is -1.81. The van der Waals surface area contributed by atoms with Gasteiger partial charge in [0, 0.05) is 11.8 Å². The van der Waals surface area contributed by atoms with Crippen molar-refractivity contribution in [3.8, 4) is 10.8 Å². The van der Waals surface area contributed by atoms with Gasteiger partial charge in [-0.1, -0.05) is 23.7 Å². The zero-order valence-corrected chi connectivity index (χ0v) is 13.1. The molecule has 1 N–H and O–H groups in total. The maximum Gasteiger partial charge on any atom is 0.281 e. The number of halogens is 1. The predicted octanol–water partition coefficient (Wildman–Crippen LogP) is 2.82. The second kappa shape index (κ2) is 5.76. The topological polar surface area (TPSA) is 106 Å². The number of thiophene rings is 1. The van der Waals surface area contributed by atoms with E-state index in [2.05, 4.69) is 15.2 Å². The van der Waals surface area contributed by atoms with Crippen LogP contribution < -0.4 is 0 Å². The van der Waals surface area contributed by atoms with E-state index in [0.717, 1.165) is 0 Å². The highest BCUT2D eigenvalue weighted by molar-refractivity contribution is 7.86. The van der Waals surface area contributed by atoms with Crippen molar-refractivity contribution in [2.45, 2.75) is 5.25 Å². The number of aromatic nitrogens is 3. The Labute approximate surface area is 134 Å². The van der Waals surface area contributed by atoms with Gasteiger partial charge in [-0.15, -0.1) is 21.5 Å². The molecular weight excluding hydrogens is 350 g/mol. The van der Waals surface area contributed by atoms with E-state index in [9.17, 15) is 13.0 Å². The van der Waals surface area contributed by atoms with Crippen LogP contribution in [0, 0.1) is 0 Å². The third-order valence-corrected chi connectivity index (χ3v) is 4.90. The number of rotatable bonds is 4. The summed E-state index contributed by atoms with van der Waals surface area (Å²) in [6, 6.07) is 6.38. The fourth-order valence-corrected chi connectivity index (χ4v) is 3.41. The molecule has 3 aromatic rings. The third-order valence-electron chi connectivity index (χ3n) is 2.75. The first kappa shape index (κ1) is 15.1. The highest BCUT2D eigenvalue weighted by Gasteiger charge is 2.33. The van der Waals surface area contributed by atoms with Crippen LogP contribution in [0.1, 0.15) is 16.7 Å². The Balaban J connectivity index is 2.06. The van der Waals surface area contributed by atoms with Gasteiger partial charge in [-0.25, -0.2) is 4.98 Å². The van der Waals surface area contributed by atoms with E-state index in [1.807, 2.05) is 5.38 Å². The van der Waals surface area contributed by atoms with Crippen molar-refractivity contribution >= 4 is 33.1 Å². The van der Waals surface area contributed by atoms with E-state index < -0.39 is 15.4 Å². The molecule has 0 saturated heterocycles. The van der Waals surface area contributed by atoms with Crippen molar-refractivity contribution in [2.75, 3.05) is 0 Å². The minimum atomic E-state index is -4.52. The van der Waals surface area contributed by atoms with Crippen LogP contribution in [0.4, 0.5) is 0 Å². The van der Waals surface area contributed by atoms with Crippen LogP contribution in [-0.4, -0.2) is 28.2 Å². The Bertz CT molecular complexity index is 876. The van der Waals surface area contributed by atoms with Crippen molar-refractivity contribution in [1.29, 1.82) is 0 Å². The van der Waals surface area contributed by atoms with Crippen LogP contribution in [0.15, 0.2) is 40.3 Å². The molecule has 10 heteroatoms. The molecule has 0 spiro atoms. The van der Waals surface area contributed by atoms with Crippen molar-refractivity contribution in [1.82, 2.24) is 15.2 Å². The molecule has 0 aliphatic carbocycles. The summed E-state index contributed by atoms with van der Waals surface area (Å²) in [6.45, 7) is 0. The summed E-state index contributed by atoms with van der Waals surface area (Å²) in [7, 11) is -4.52. The van der Waals surface area contributed by atoms with Gasteiger partial charge in [0.05, 0.1) is 4.88 Å². The second-order valence-electron chi connectivity index (χ2n) is 4.23. The zero-order valence-electron chi connectivity index (χ0n) is 10.7. The van der Waals surface area contributed by atoms with Crippen molar-refractivity contribution in [3.05, 3.63) is 52.4 Å². The van der Waals surface area contributed by atoms with Crippen LogP contribution in [0.5, 0.6) is 0 Å². The lowest BCUT2D eigenvalue weighted by atomic mass is 10.2. The Morgan fingerprint density at radius 1 is 1.27 bits per heavy atom. The zero-order chi connectivity index (χ0) is 15.7. The fourth-order valence-electron chi connectivity index (χ4n) is 1.82. The molecule has 114 valence electrons. The van der Waals surface area contributed by atoms with Gasteiger partial charge in [0.1, 0.15) is 5.15 Å². The maximum atomic E-state index is 11.7. The Morgan fingerprint density at radius 2 is 2.09 bits per heavy atom. The van der Waals surface area contributed by atoms with Gasteiger partial charge in [0.25, 0.3) is 16.0 Å². The first-order valence-electron chi connectivity index (χ1n) is 5.90. The normalized spacial score (nSPS) is 13.2. The van der Waals surface area contributed by atoms with E-state index in [4.69, 9.17) is 16.0 Å². The average Bonchev–Trinajstić information content (AvgIpc) is 3.10. The van der Waals surface area contributed by atoms with E-state index in [1.54, 1.807) is 12.1 Å². The molecule has 1 unspecified atom stereocenters. The fraction of sp³-hybridized carbons (Fsp3) is 0.0833. The molecule has 7 nitrogen and oxygen atoms in total. The summed E-state index contributed by atoms with van der Waals surface area (Å²) in [5.74, 6) is -0.0596.